The van der Waals surface area contributed by atoms with E-state index in [1.807, 2.05) is 0 Å². The van der Waals surface area contributed by atoms with E-state index in [9.17, 15) is 16.8 Å². The largest absolute Gasteiger partial charge is 0.494 e. The predicted molar refractivity (Wildman–Crippen MR) is 87.8 cm³/mol. The van der Waals surface area contributed by atoms with E-state index >= 15 is 0 Å². The topological polar surface area (TPSA) is 77.5 Å². The lowest BCUT2D eigenvalue weighted by molar-refractivity contribution is 0.289. The smallest absolute Gasteiger partial charge is 0.178 e. The van der Waals surface area contributed by atoms with Crippen LogP contribution in [0.2, 0.25) is 0 Å². The number of benzene rings is 1. The highest BCUT2D eigenvalue weighted by atomic mass is 32.2. The molecule has 7 heteroatoms. The molecule has 0 aliphatic heterocycles. The Hall–Kier alpha value is -1.08. The van der Waals surface area contributed by atoms with Crippen molar-refractivity contribution in [2.24, 2.45) is 5.92 Å². The van der Waals surface area contributed by atoms with E-state index < -0.39 is 19.7 Å². The summed E-state index contributed by atoms with van der Waals surface area (Å²) in [7, 11) is -6.59. The van der Waals surface area contributed by atoms with Crippen molar-refractivity contribution >= 4 is 19.7 Å². The average Bonchev–Trinajstić information content (AvgIpc) is 2.37. The first-order valence-electron chi connectivity index (χ1n) is 7.23. The number of ether oxygens (including phenoxy) is 1. The van der Waals surface area contributed by atoms with Gasteiger partial charge in [-0.05, 0) is 43.0 Å². The molecule has 0 fully saturated rings. The maximum Gasteiger partial charge on any atom is 0.178 e. The number of hydrogen-bond acceptors (Lipinski definition) is 5. The van der Waals surface area contributed by atoms with Gasteiger partial charge in [0.1, 0.15) is 15.6 Å². The van der Waals surface area contributed by atoms with Crippen LogP contribution in [0.15, 0.2) is 29.2 Å². The standard InChI is InChI=1S/C15H24O5S2/c1-13(2)9-10-20-14-5-7-15(8-6-14)22(18,19)12-4-11-21(3,16)17/h5-8,13H,4,9-12H2,1-3H3. The molecule has 0 heterocycles. The van der Waals surface area contributed by atoms with Crippen molar-refractivity contribution in [3.63, 3.8) is 0 Å². The van der Waals surface area contributed by atoms with Crippen LogP contribution in [0.25, 0.3) is 0 Å². The molecule has 0 saturated carbocycles. The van der Waals surface area contributed by atoms with Crippen LogP contribution in [0.4, 0.5) is 0 Å². The van der Waals surface area contributed by atoms with Gasteiger partial charge < -0.3 is 4.74 Å². The summed E-state index contributed by atoms with van der Waals surface area (Å²) < 4.78 is 51.8. The first kappa shape index (κ1) is 19.0. The Labute approximate surface area is 133 Å². The van der Waals surface area contributed by atoms with Gasteiger partial charge in [-0.3, -0.25) is 0 Å². The molecule has 0 aliphatic rings. The van der Waals surface area contributed by atoms with E-state index in [4.69, 9.17) is 4.74 Å². The molecule has 1 aromatic carbocycles. The molecule has 5 nitrogen and oxygen atoms in total. The fourth-order valence-corrected chi connectivity index (χ4v) is 3.95. The van der Waals surface area contributed by atoms with Crippen LogP contribution in [0.3, 0.4) is 0 Å². The predicted octanol–water partition coefficient (Wildman–Crippen LogP) is 2.32. The summed E-state index contributed by atoms with van der Waals surface area (Å²) >= 11 is 0. The first-order valence-corrected chi connectivity index (χ1v) is 10.9. The molecule has 0 amide bonds. The summed E-state index contributed by atoms with van der Waals surface area (Å²) in [5.41, 5.74) is 0. The molecule has 0 aromatic heterocycles. The minimum atomic E-state index is -3.45. The van der Waals surface area contributed by atoms with Crippen molar-refractivity contribution in [3.05, 3.63) is 24.3 Å². The molecule has 0 spiro atoms. The number of sulfone groups is 2. The molecule has 0 atom stereocenters. The van der Waals surface area contributed by atoms with Gasteiger partial charge in [0, 0.05) is 6.26 Å². The summed E-state index contributed by atoms with van der Waals surface area (Å²) in [5, 5.41) is 0. The van der Waals surface area contributed by atoms with Gasteiger partial charge in [0.25, 0.3) is 0 Å². The highest BCUT2D eigenvalue weighted by Gasteiger charge is 2.15. The molecule has 22 heavy (non-hydrogen) atoms. The lowest BCUT2D eigenvalue weighted by Gasteiger charge is -2.09. The molecule has 0 bridgehead atoms. The molecule has 0 aliphatic carbocycles. The van der Waals surface area contributed by atoms with Crippen molar-refractivity contribution in [2.75, 3.05) is 24.4 Å². The van der Waals surface area contributed by atoms with E-state index in [1.165, 1.54) is 12.1 Å². The van der Waals surface area contributed by atoms with Gasteiger partial charge in [0.2, 0.25) is 0 Å². The van der Waals surface area contributed by atoms with Gasteiger partial charge in [-0.25, -0.2) is 16.8 Å². The monoisotopic (exact) mass is 348 g/mol. The molecule has 126 valence electrons. The second-order valence-electron chi connectivity index (χ2n) is 5.80. The maximum absolute atomic E-state index is 12.1. The summed E-state index contributed by atoms with van der Waals surface area (Å²) in [4.78, 5) is 0.192. The molecular formula is C15H24O5S2. The maximum atomic E-state index is 12.1. The summed E-state index contributed by atoms with van der Waals surface area (Å²) in [6.45, 7) is 4.81. The van der Waals surface area contributed by atoms with Crippen molar-refractivity contribution < 1.29 is 21.6 Å². The number of hydrogen-bond donors (Lipinski definition) is 0. The Balaban J connectivity index is 2.60. The van der Waals surface area contributed by atoms with E-state index in [0.717, 1.165) is 12.7 Å². The lowest BCUT2D eigenvalue weighted by Crippen LogP contribution is -2.12. The quantitative estimate of drug-likeness (QED) is 0.684. The summed E-state index contributed by atoms with van der Waals surface area (Å²) in [6.07, 6.45) is 2.14. The minimum Gasteiger partial charge on any atom is -0.494 e. The molecule has 0 radical (unpaired) electrons. The van der Waals surface area contributed by atoms with E-state index in [2.05, 4.69) is 13.8 Å². The zero-order valence-electron chi connectivity index (χ0n) is 13.3. The highest BCUT2D eigenvalue weighted by molar-refractivity contribution is 7.92. The third kappa shape index (κ3) is 7.26. The van der Waals surface area contributed by atoms with Gasteiger partial charge >= 0.3 is 0 Å². The summed E-state index contributed by atoms with van der Waals surface area (Å²) in [5.74, 6) is 0.890. The van der Waals surface area contributed by atoms with Gasteiger partial charge in [-0.1, -0.05) is 13.8 Å². The normalized spacial score (nSPS) is 12.5. The average molecular weight is 348 g/mol. The van der Waals surface area contributed by atoms with Crippen LogP contribution in [-0.2, 0) is 19.7 Å². The molecule has 1 aromatic rings. The highest BCUT2D eigenvalue weighted by Crippen LogP contribution is 2.18. The van der Waals surface area contributed by atoms with Gasteiger partial charge in [0.15, 0.2) is 9.84 Å². The van der Waals surface area contributed by atoms with Gasteiger partial charge in [-0.2, -0.15) is 0 Å². The van der Waals surface area contributed by atoms with Crippen molar-refractivity contribution in [1.82, 2.24) is 0 Å². The number of rotatable bonds is 9. The zero-order chi connectivity index (χ0) is 16.8. The van der Waals surface area contributed by atoms with Crippen molar-refractivity contribution in [3.8, 4) is 5.75 Å². The fourth-order valence-electron chi connectivity index (χ4n) is 1.78. The van der Waals surface area contributed by atoms with Crippen LogP contribution in [-0.4, -0.2) is 41.2 Å². The Morgan fingerprint density at radius 3 is 2.09 bits per heavy atom. The van der Waals surface area contributed by atoms with Gasteiger partial charge in [0.05, 0.1) is 23.0 Å². The SMILES string of the molecule is CC(C)CCOc1ccc(S(=O)(=O)CCCS(C)(=O)=O)cc1. The van der Waals surface area contributed by atoms with Crippen LogP contribution >= 0.6 is 0 Å². The van der Waals surface area contributed by atoms with E-state index in [1.54, 1.807) is 12.1 Å². The van der Waals surface area contributed by atoms with Gasteiger partial charge in [-0.15, -0.1) is 0 Å². The molecule has 1 rings (SSSR count). The van der Waals surface area contributed by atoms with Crippen molar-refractivity contribution in [2.45, 2.75) is 31.6 Å². The second kappa shape index (κ2) is 7.97. The minimum absolute atomic E-state index is 0.105. The molecule has 0 unspecified atom stereocenters. The third-order valence-corrected chi connectivity index (χ3v) is 5.92. The second-order valence-corrected chi connectivity index (χ2v) is 10.2. The Bertz CT molecular complexity index is 658. The molecule has 0 saturated heterocycles. The Kier molecular flexibility index (Phi) is 6.87. The van der Waals surface area contributed by atoms with Crippen molar-refractivity contribution in [1.29, 1.82) is 0 Å². The van der Waals surface area contributed by atoms with Crippen LogP contribution < -0.4 is 4.74 Å². The molecular weight excluding hydrogens is 324 g/mol. The van der Waals surface area contributed by atoms with Crippen LogP contribution in [0.5, 0.6) is 5.75 Å². The Morgan fingerprint density at radius 2 is 1.59 bits per heavy atom. The zero-order valence-corrected chi connectivity index (χ0v) is 14.9. The van der Waals surface area contributed by atoms with E-state index in [0.29, 0.717) is 18.3 Å². The first-order chi connectivity index (χ1) is 10.1. The van der Waals surface area contributed by atoms with Crippen LogP contribution in [0.1, 0.15) is 26.7 Å². The third-order valence-electron chi connectivity index (χ3n) is 3.07. The lowest BCUT2D eigenvalue weighted by atomic mass is 10.1. The molecule has 0 N–H and O–H groups in total. The van der Waals surface area contributed by atoms with E-state index in [-0.39, 0.29) is 22.8 Å². The summed E-state index contributed by atoms with van der Waals surface area (Å²) in [6, 6.07) is 6.26. The Morgan fingerprint density at radius 1 is 1.00 bits per heavy atom. The van der Waals surface area contributed by atoms with Crippen LogP contribution in [0, 0.1) is 5.92 Å². The fraction of sp³-hybridized carbons (Fsp3) is 0.600.